The summed E-state index contributed by atoms with van der Waals surface area (Å²) in [5.74, 6) is 0. The van der Waals surface area contributed by atoms with E-state index in [0.29, 0.717) is 15.8 Å². The van der Waals surface area contributed by atoms with Gasteiger partial charge in [0.25, 0.3) is 0 Å². The molecule has 1 unspecified atom stereocenters. The molecule has 0 aromatic rings. The molecule has 0 aliphatic rings. The molecule has 0 radical (unpaired) electrons. The molecule has 0 bridgehead atoms. The highest BCUT2D eigenvalue weighted by molar-refractivity contribution is 7.60. The largest absolute Gasteiger partial charge is 0.113 e. The SMILES string of the molecule is CC(CP(C)C)P(C)C. The lowest BCUT2D eigenvalue weighted by molar-refractivity contribution is 1.10. The Morgan fingerprint density at radius 3 is 1.67 bits per heavy atom. The summed E-state index contributed by atoms with van der Waals surface area (Å²) in [6, 6.07) is 0. The molecule has 9 heavy (non-hydrogen) atoms. The van der Waals surface area contributed by atoms with Crippen LogP contribution in [0.2, 0.25) is 0 Å². The van der Waals surface area contributed by atoms with Crippen molar-refractivity contribution in [2.45, 2.75) is 12.6 Å². The predicted octanol–water partition coefficient (Wildman–Crippen LogP) is 2.86. The minimum Gasteiger partial charge on any atom is -0.113 e. The molecule has 0 saturated heterocycles. The molecule has 0 nitrogen and oxygen atoms in total. The topological polar surface area (TPSA) is 0 Å². The molecule has 0 aliphatic heterocycles. The number of hydrogen-bond donors (Lipinski definition) is 0. The van der Waals surface area contributed by atoms with Gasteiger partial charge in [-0.3, -0.25) is 0 Å². The van der Waals surface area contributed by atoms with E-state index in [4.69, 9.17) is 0 Å². The van der Waals surface area contributed by atoms with Gasteiger partial charge >= 0.3 is 0 Å². The van der Waals surface area contributed by atoms with Crippen LogP contribution in [0.15, 0.2) is 0 Å². The Labute approximate surface area is 61.9 Å². The van der Waals surface area contributed by atoms with E-state index >= 15 is 0 Å². The van der Waals surface area contributed by atoms with Gasteiger partial charge in [0.2, 0.25) is 0 Å². The quantitative estimate of drug-likeness (QED) is 0.562. The van der Waals surface area contributed by atoms with Crippen LogP contribution in [0, 0.1) is 0 Å². The molecule has 0 saturated carbocycles. The van der Waals surface area contributed by atoms with E-state index in [1.54, 1.807) is 0 Å². The first-order valence-corrected chi connectivity index (χ1v) is 8.08. The van der Waals surface area contributed by atoms with Crippen molar-refractivity contribution in [3.63, 3.8) is 0 Å². The van der Waals surface area contributed by atoms with Crippen LogP contribution in [-0.2, 0) is 0 Å². The van der Waals surface area contributed by atoms with Crippen molar-refractivity contribution in [3.05, 3.63) is 0 Å². The van der Waals surface area contributed by atoms with E-state index in [-0.39, 0.29) is 0 Å². The van der Waals surface area contributed by atoms with Crippen molar-refractivity contribution < 1.29 is 0 Å². The zero-order valence-corrected chi connectivity index (χ0v) is 8.97. The third-order valence-corrected chi connectivity index (χ3v) is 5.02. The van der Waals surface area contributed by atoms with Crippen molar-refractivity contribution in [2.75, 3.05) is 32.8 Å². The third-order valence-electron chi connectivity index (χ3n) is 1.51. The van der Waals surface area contributed by atoms with Crippen molar-refractivity contribution in [1.29, 1.82) is 0 Å². The van der Waals surface area contributed by atoms with Gasteiger partial charge in [-0.2, -0.15) is 0 Å². The second-order valence-corrected chi connectivity index (χ2v) is 8.41. The summed E-state index contributed by atoms with van der Waals surface area (Å²) in [5.41, 5.74) is 0.987. The lowest BCUT2D eigenvalue weighted by atomic mass is 10.6. The molecule has 56 valence electrons. The zero-order chi connectivity index (χ0) is 7.44. The van der Waals surface area contributed by atoms with Crippen LogP contribution in [0.4, 0.5) is 0 Å². The standard InChI is InChI=1S/C7H18P2/c1-7(9(4)5)6-8(2)3/h7H,6H2,1-5H3. The lowest BCUT2D eigenvalue weighted by Crippen LogP contribution is -2.02. The van der Waals surface area contributed by atoms with E-state index in [9.17, 15) is 0 Å². The molecule has 0 fully saturated rings. The minimum atomic E-state index is 0.322. The van der Waals surface area contributed by atoms with Crippen LogP contribution in [0.3, 0.4) is 0 Å². The van der Waals surface area contributed by atoms with E-state index in [2.05, 4.69) is 33.6 Å². The van der Waals surface area contributed by atoms with Crippen LogP contribution < -0.4 is 0 Å². The van der Waals surface area contributed by atoms with Gasteiger partial charge < -0.3 is 0 Å². The van der Waals surface area contributed by atoms with Crippen molar-refractivity contribution >= 4 is 15.8 Å². The van der Waals surface area contributed by atoms with Crippen LogP contribution in [0.5, 0.6) is 0 Å². The average Bonchev–Trinajstić information content (AvgIpc) is 1.63. The Balaban J connectivity index is 3.38. The summed E-state index contributed by atoms with van der Waals surface area (Å²) in [6.07, 6.45) is 1.47. The first kappa shape index (κ1) is 9.86. The molecule has 0 aromatic heterocycles. The summed E-state index contributed by atoms with van der Waals surface area (Å²) >= 11 is 0. The smallest absolute Gasteiger partial charge is 0.0203 e. The number of rotatable bonds is 3. The van der Waals surface area contributed by atoms with Gasteiger partial charge in [0.15, 0.2) is 0 Å². The molecule has 0 aliphatic carbocycles. The van der Waals surface area contributed by atoms with Crippen molar-refractivity contribution in [1.82, 2.24) is 0 Å². The van der Waals surface area contributed by atoms with Crippen LogP contribution in [-0.4, -0.2) is 38.5 Å². The Morgan fingerprint density at radius 1 is 1.11 bits per heavy atom. The average molecular weight is 164 g/mol. The lowest BCUT2D eigenvalue weighted by Gasteiger charge is -2.17. The Morgan fingerprint density at radius 2 is 1.56 bits per heavy atom. The second kappa shape index (κ2) is 4.64. The van der Waals surface area contributed by atoms with E-state index in [1.165, 1.54) is 6.16 Å². The summed E-state index contributed by atoms with van der Waals surface area (Å²) in [4.78, 5) is 0. The molecule has 2 heteroatoms. The van der Waals surface area contributed by atoms with Gasteiger partial charge in [-0.1, -0.05) is 6.92 Å². The van der Waals surface area contributed by atoms with Crippen LogP contribution in [0.25, 0.3) is 0 Å². The van der Waals surface area contributed by atoms with E-state index < -0.39 is 0 Å². The molecule has 0 aromatic carbocycles. The fourth-order valence-corrected chi connectivity index (χ4v) is 4.03. The van der Waals surface area contributed by atoms with E-state index in [0.717, 1.165) is 5.66 Å². The molecule has 0 heterocycles. The Kier molecular flexibility index (Phi) is 5.08. The minimum absolute atomic E-state index is 0.322. The first-order chi connectivity index (χ1) is 4.04. The number of hydrogen-bond acceptors (Lipinski definition) is 0. The highest BCUT2D eigenvalue weighted by atomic mass is 31.1. The third kappa shape index (κ3) is 5.31. The first-order valence-electron chi connectivity index (χ1n) is 3.35. The molecule has 1 atom stereocenters. The van der Waals surface area contributed by atoms with Gasteiger partial charge in [-0.15, -0.1) is 15.8 Å². The van der Waals surface area contributed by atoms with Crippen LogP contribution >= 0.6 is 15.8 Å². The maximum Gasteiger partial charge on any atom is -0.0203 e. The molecule has 0 rings (SSSR count). The molecular formula is C7H18P2. The summed E-state index contributed by atoms with van der Waals surface area (Å²) in [7, 11) is 0.666. The second-order valence-electron chi connectivity index (χ2n) is 3.07. The van der Waals surface area contributed by atoms with Crippen LogP contribution in [0.1, 0.15) is 6.92 Å². The fraction of sp³-hybridized carbons (Fsp3) is 1.00. The molecule has 0 amide bonds. The zero-order valence-electron chi connectivity index (χ0n) is 7.18. The Bertz CT molecular complexity index is 69.3. The summed E-state index contributed by atoms with van der Waals surface area (Å²) in [6.45, 7) is 11.9. The highest BCUT2D eigenvalue weighted by Crippen LogP contribution is 2.39. The van der Waals surface area contributed by atoms with Gasteiger partial charge in [0, 0.05) is 0 Å². The molecule has 0 spiro atoms. The highest BCUT2D eigenvalue weighted by Gasteiger charge is 2.06. The maximum atomic E-state index is 2.38. The fourth-order valence-electron chi connectivity index (χ4n) is 0.692. The Hall–Kier alpha value is 0.860. The van der Waals surface area contributed by atoms with Gasteiger partial charge in [-0.25, -0.2) is 0 Å². The molecule has 0 N–H and O–H groups in total. The van der Waals surface area contributed by atoms with Gasteiger partial charge in [0.05, 0.1) is 0 Å². The van der Waals surface area contributed by atoms with Gasteiger partial charge in [0.1, 0.15) is 0 Å². The summed E-state index contributed by atoms with van der Waals surface area (Å²) in [5, 5.41) is 0. The van der Waals surface area contributed by atoms with Gasteiger partial charge in [-0.05, 0) is 38.5 Å². The van der Waals surface area contributed by atoms with E-state index in [1.807, 2.05) is 0 Å². The van der Waals surface area contributed by atoms with Crippen molar-refractivity contribution in [3.8, 4) is 0 Å². The maximum absolute atomic E-state index is 2.38. The summed E-state index contributed by atoms with van der Waals surface area (Å²) < 4.78 is 0. The predicted molar refractivity (Wildman–Crippen MR) is 51.9 cm³/mol. The molecular weight excluding hydrogens is 146 g/mol. The van der Waals surface area contributed by atoms with Crippen molar-refractivity contribution in [2.24, 2.45) is 0 Å². The monoisotopic (exact) mass is 164 g/mol. The normalized spacial score (nSPS) is 15.0.